The highest BCUT2D eigenvalue weighted by Crippen LogP contribution is 2.35. The molecule has 0 radical (unpaired) electrons. The van der Waals surface area contributed by atoms with Crippen LogP contribution in [-0.2, 0) is 19.8 Å². The van der Waals surface area contributed by atoms with Crippen molar-refractivity contribution in [1.82, 2.24) is 29.5 Å². The lowest BCUT2D eigenvalue weighted by Crippen LogP contribution is -2.44. The minimum Gasteiger partial charge on any atom is -0.368 e. The molecule has 1 fully saturated rings. The van der Waals surface area contributed by atoms with E-state index in [0.717, 1.165) is 30.1 Å². The van der Waals surface area contributed by atoms with Crippen LogP contribution in [-0.4, -0.2) is 68.8 Å². The number of hydrogen-bond acceptors (Lipinski definition) is 7. The Labute approximate surface area is 222 Å². The van der Waals surface area contributed by atoms with Crippen molar-refractivity contribution in [2.45, 2.75) is 12.7 Å². The van der Waals surface area contributed by atoms with Gasteiger partial charge in [-0.2, -0.15) is 18.3 Å². The fourth-order valence-electron chi connectivity index (χ4n) is 4.59. The first-order valence-corrected chi connectivity index (χ1v) is 12.3. The number of carbonyl (C=O) groups is 1. The van der Waals surface area contributed by atoms with Crippen molar-refractivity contribution in [2.75, 3.05) is 49.6 Å². The molecule has 0 atom stereocenters. The average molecular weight is 540 g/mol. The zero-order chi connectivity index (χ0) is 27.7. The maximum absolute atomic E-state index is 13.9. The fraction of sp³-hybridized carbons (Fsp3) is 0.308. The maximum atomic E-state index is 13.9. The number of amides is 2. The number of carbonyl (C=O) groups excluding carboxylic acids is 1. The number of nitrogens with one attached hydrogen (secondary N) is 2. The van der Waals surface area contributed by atoms with Crippen LogP contribution in [0.1, 0.15) is 11.1 Å². The van der Waals surface area contributed by atoms with Crippen molar-refractivity contribution < 1.29 is 18.0 Å². The molecule has 0 bridgehead atoms. The van der Waals surface area contributed by atoms with Crippen LogP contribution >= 0.6 is 0 Å². The van der Waals surface area contributed by atoms with E-state index >= 15 is 0 Å². The lowest BCUT2D eigenvalue weighted by atomic mass is 10.0. The van der Waals surface area contributed by atoms with Gasteiger partial charge in [0, 0.05) is 68.7 Å². The SMILES string of the molecule is CN1CCN(Cc2ccc(NC(=O)Nc3cc(-c4ccc5nc(N)ncc5c4)n(C)n3)cc2C(F)(F)F)CC1. The van der Waals surface area contributed by atoms with E-state index in [1.54, 1.807) is 30.1 Å². The van der Waals surface area contributed by atoms with Gasteiger partial charge >= 0.3 is 12.2 Å². The van der Waals surface area contributed by atoms with E-state index in [2.05, 4.69) is 30.6 Å². The molecule has 1 aliphatic heterocycles. The van der Waals surface area contributed by atoms with E-state index in [1.165, 1.54) is 12.1 Å². The smallest absolute Gasteiger partial charge is 0.368 e. The fourth-order valence-corrected chi connectivity index (χ4v) is 4.59. The highest BCUT2D eigenvalue weighted by atomic mass is 19.4. The van der Waals surface area contributed by atoms with Crippen molar-refractivity contribution in [3.05, 3.63) is 59.8 Å². The minimum atomic E-state index is -4.55. The highest BCUT2D eigenvalue weighted by Gasteiger charge is 2.34. The Morgan fingerprint density at radius 1 is 1.03 bits per heavy atom. The third-order valence-electron chi connectivity index (χ3n) is 6.68. The predicted octanol–water partition coefficient (Wildman–Crippen LogP) is 4.02. The van der Waals surface area contributed by atoms with Crippen LogP contribution in [0.5, 0.6) is 0 Å². The molecule has 4 N–H and O–H groups in total. The number of benzene rings is 2. The number of likely N-dealkylation sites (N-methyl/N-ethyl adjacent to an activating group) is 1. The molecule has 4 aromatic rings. The van der Waals surface area contributed by atoms with E-state index in [9.17, 15) is 18.0 Å². The van der Waals surface area contributed by atoms with Crippen LogP contribution < -0.4 is 16.4 Å². The number of fused-ring (bicyclic) bond motifs is 1. The predicted molar refractivity (Wildman–Crippen MR) is 143 cm³/mol. The molecule has 1 saturated heterocycles. The van der Waals surface area contributed by atoms with Gasteiger partial charge in [-0.05, 0) is 36.9 Å². The Balaban J connectivity index is 1.29. The topological polar surface area (TPSA) is 117 Å². The van der Waals surface area contributed by atoms with Crippen LogP contribution in [0.25, 0.3) is 22.2 Å². The molecule has 2 amide bonds. The first kappa shape index (κ1) is 26.4. The van der Waals surface area contributed by atoms with Crippen LogP contribution in [0.3, 0.4) is 0 Å². The molecule has 1 aliphatic rings. The Morgan fingerprint density at radius 2 is 1.79 bits per heavy atom. The number of piperazine rings is 1. The average Bonchev–Trinajstić information content (AvgIpc) is 3.24. The number of rotatable bonds is 5. The van der Waals surface area contributed by atoms with Gasteiger partial charge in [-0.3, -0.25) is 14.9 Å². The molecule has 0 aliphatic carbocycles. The van der Waals surface area contributed by atoms with E-state index in [4.69, 9.17) is 5.73 Å². The molecule has 0 spiro atoms. The minimum absolute atomic E-state index is 0.0342. The lowest BCUT2D eigenvalue weighted by molar-refractivity contribution is -0.138. The summed E-state index contributed by atoms with van der Waals surface area (Å²) in [6, 6.07) is 10.4. The molecule has 0 unspecified atom stereocenters. The molecule has 39 heavy (non-hydrogen) atoms. The third kappa shape index (κ3) is 6.10. The Bertz CT molecular complexity index is 1510. The van der Waals surface area contributed by atoms with Gasteiger partial charge < -0.3 is 16.0 Å². The van der Waals surface area contributed by atoms with Crippen molar-refractivity contribution in [1.29, 1.82) is 0 Å². The van der Waals surface area contributed by atoms with Gasteiger partial charge in [0.25, 0.3) is 0 Å². The maximum Gasteiger partial charge on any atom is 0.416 e. The van der Waals surface area contributed by atoms with Gasteiger partial charge in [-0.15, -0.1) is 0 Å². The van der Waals surface area contributed by atoms with Gasteiger partial charge in [0.15, 0.2) is 5.82 Å². The third-order valence-corrected chi connectivity index (χ3v) is 6.68. The summed E-state index contributed by atoms with van der Waals surface area (Å²) in [5.41, 5.74) is 7.30. The van der Waals surface area contributed by atoms with Crippen LogP contribution in [0.2, 0.25) is 0 Å². The summed E-state index contributed by atoms with van der Waals surface area (Å²) >= 11 is 0. The Morgan fingerprint density at radius 3 is 2.54 bits per heavy atom. The Kier molecular flexibility index (Phi) is 7.10. The second-order valence-corrected chi connectivity index (χ2v) is 9.57. The summed E-state index contributed by atoms with van der Waals surface area (Å²) < 4.78 is 43.2. The summed E-state index contributed by atoms with van der Waals surface area (Å²) in [4.78, 5) is 25.0. The number of hydrogen-bond donors (Lipinski definition) is 3. The molecule has 3 heterocycles. The second kappa shape index (κ2) is 10.5. The number of anilines is 3. The number of urea groups is 1. The molecular formula is C26H28F3N9O. The van der Waals surface area contributed by atoms with E-state index in [-0.39, 0.29) is 29.6 Å². The molecule has 13 heteroatoms. The highest BCUT2D eigenvalue weighted by molar-refractivity contribution is 5.99. The molecule has 5 rings (SSSR count). The van der Waals surface area contributed by atoms with Gasteiger partial charge in [0.1, 0.15) is 0 Å². The van der Waals surface area contributed by atoms with Crippen molar-refractivity contribution in [2.24, 2.45) is 7.05 Å². The van der Waals surface area contributed by atoms with E-state index in [0.29, 0.717) is 24.3 Å². The van der Waals surface area contributed by atoms with E-state index < -0.39 is 17.8 Å². The summed E-state index contributed by atoms with van der Waals surface area (Å²) in [7, 11) is 3.71. The van der Waals surface area contributed by atoms with Crippen LogP contribution in [0.4, 0.5) is 35.4 Å². The van der Waals surface area contributed by atoms with Gasteiger partial charge in [0.2, 0.25) is 5.95 Å². The zero-order valence-electron chi connectivity index (χ0n) is 21.5. The standard InChI is InChI=1S/C26H28F3N9O/c1-36-7-9-38(10-8-36)15-17-3-5-19(12-20(17)26(27,28)29)32-25(39)34-23-13-22(37(2)35-23)16-4-6-21-18(11-16)14-31-24(30)33-21/h3-6,11-14H,7-10,15H2,1-2H3,(H2,30,31,33)(H2,32,34,35,39). The van der Waals surface area contributed by atoms with Crippen LogP contribution in [0, 0.1) is 0 Å². The lowest BCUT2D eigenvalue weighted by Gasteiger charge is -2.33. The zero-order valence-corrected chi connectivity index (χ0v) is 21.5. The number of aryl methyl sites for hydroxylation is 1. The Hall–Kier alpha value is -4.23. The normalized spacial score (nSPS) is 15.0. The van der Waals surface area contributed by atoms with Crippen molar-refractivity contribution in [3.8, 4) is 11.3 Å². The molecule has 2 aromatic carbocycles. The second-order valence-electron chi connectivity index (χ2n) is 9.57. The van der Waals surface area contributed by atoms with Gasteiger partial charge in [0.05, 0.1) is 16.8 Å². The number of nitrogen functional groups attached to an aromatic ring is 1. The number of nitrogens with two attached hydrogens (primary N) is 1. The van der Waals surface area contributed by atoms with Crippen molar-refractivity contribution >= 4 is 34.4 Å². The summed E-state index contributed by atoms with van der Waals surface area (Å²) in [6.45, 7) is 3.20. The number of aromatic nitrogens is 4. The molecule has 0 saturated carbocycles. The molecule has 10 nitrogen and oxygen atoms in total. The quantitative estimate of drug-likeness (QED) is 0.351. The van der Waals surface area contributed by atoms with Gasteiger partial charge in [-0.1, -0.05) is 12.1 Å². The van der Waals surface area contributed by atoms with E-state index in [1.807, 2.05) is 24.1 Å². The molecular weight excluding hydrogens is 511 g/mol. The van der Waals surface area contributed by atoms with Crippen LogP contribution in [0.15, 0.2) is 48.7 Å². The van der Waals surface area contributed by atoms with Crippen molar-refractivity contribution in [3.63, 3.8) is 0 Å². The number of nitrogens with zero attached hydrogens (tertiary/aromatic N) is 6. The number of halogens is 3. The molecule has 2 aromatic heterocycles. The van der Waals surface area contributed by atoms with Gasteiger partial charge in [-0.25, -0.2) is 14.8 Å². The first-order valence-electron chi connectivity index (χ1n) is 12.3. The summed E-state index contributed by atoms with van der Waals surface area (Å²) in [5, 5.41) is 10.2. The largest absolute Gasteiger partial charge is 0.416 e. The molecule has 204 valence electrons. The summed E-state index contributed by atoms with van der Waals surface area (Å²) in [6.07, 6.45) is -2.93. The summed E-state index contributed by atoms with van der Waals surface area (Å²) in [5.74, 6) is 0.418. The number of alkyl halides is 3. The first-order chi connectivity index (χ1) is 18.5. The monoisotopic (exact) mass is 539 g/mol.